The second-order valence-corrected chi connectivity index (χ2v) is 27.1. The van der Waals surface area contributed by atoms with Crippen molar-refractivity contribution in [2.24, 2.45) is 0 Å². The number of rotatable bonds is 0. The molecular weight excluding hydrogens is 367 g/mol. The van der Waals surface area contributed by atoms with E-state index in [9.17, 15) is 0 Å². The summed E-state index contributed by atoms with van der Waals surface area (Å²) >= 11 is 11.2. The van der Waals surface area contributed by atoms with E-state index in [1.54, 1.807) is 0 Å². The fourth-order valence-corrected chi connectivity index (χ4v) is 6.73. The Hall–Kier alpha value is 0.830. The van der Waals surface area contributed by atoms with Gasteiger partial charge in [0.1, 0.15) is 0 Å². The Balaban J connectivity index is 2.73. The number of benzene rings is 1. The van der Waals surface area contributed by atoms with Crippen LogP contribution in [0.3, 0.4) is 0 Å². The standard InChI is InChI=1S/C8H6Br3P/c9-12(10,11)6-5-7-3-1-2-4-8(7)12/h1-6H. The second-order valence-electron chi connectivity index (χ2n) is 2.74. The third-order valence-electron chi connectivity index (χ3n) is 1.85. The van der Waals surface area contributed by atoms with Gasteiger partial charge < -0.3 is 0 Å². The van der Waals surface area contributed by atoms with Crippen molar-refractivity contribution in [3.8, 4) is 0 Å². The Bertz CT molecular complexity index is 362. The molecule has 4 heteroatoms. The molecule has 1 aromatic rings. The summed E-state index contributed by atoms with van der Waals surface area (Å²) in [5, 5.41) is 1.31. The molecule has 0 unspecified atom stereocenters. The van der Waals surface area contributed by atoms with Gasteiger partial charge in [-0.25, -0.2) is 0 Å². The van der Waals surface area contributed by atoms with Crippen LogP contribution < -0.4 is 5.30 Å². The van der Waals surface area contributed by atoms with E-state index in [0.29, 0.717) is 0 Å². The topological polar surface area (TPSA) is 0 Å². The Labute approximate surface area is 95.6 Å². The summed E-state index contributed by atoms with van der Waals surface area (Å²) in [6.07, 6.45) is 2.13. The quantitative estimate of drug-likeness (QED) is 0.575. The molecule has 0 saturated heterocycles. The van der Waals surface area contributed by atoms with Gasteiger partial charge in [0.25, 0.3) is 0 Å². The maximum atomic E-state index is 3.72. The average Bonchev–Trinajstić information content (AvgIpc) is 2.25. The molecule has 64 valence electrons. The molecule has 0 spiro atoms. The van der Waals surface area contributed by atoms with Gasteiger partial charge in [0.15, 0.2) is 0 Å². The van der Waals surface area contributed by atoms with Crippen LogP contribution in [0.15, 0.2) is 30.1 Å². The first kappa shape index (κ1) is 9.39. The first-order valence-electron chi connectivity index (χ1n) is 3.44. The van der Waals surface area contributed by atoms with Crippen molar-refractivity contribution in [2.75, 3.05) is 0 Å². The zero-order chi connectivity index (χ0) is 8.84. The van der Waals surface area contributed by atoms with Gasteiger partial charge in [-0.2, -0.15) is 0 Å². The molecular formula is C8H6Br3P. The van der Waals surface area contributed by atoms with Crippen LogP contribution in [-0.4, -0.2) is 0 Å². The Morgan fingerprint density at radius 2 is 1.67 bits per heavy atom. The molecule has 0 aliphatic carbocycles. The van der Waals surface area contributed by atoms with Crippen LogP contribution in [0.1, 0.15) is 5.56 Å². The normalized spacial score (nSPS) is 25.8. The Kier molecular flexibility index (Phi) is 2.08. The average molecular weight is 373 g/mol. The van der Waals surface area contributed by atoms with Gasteiger partial charge in [-0.15, -0.1) is 0 Å². The summed E-state index contributed by atoms with van der Waals surface area (Å²) in [6.45, 7) is 0. The fourth-order valence-electron chi connectivity index (χ4n) is 1.26. The molecule has 0 N–H and O–H groups in total. The van der Waals surface area contributed by atoms with E-state index >= 15 is 0 Å². The van der Waals surface area contributed by atoms with Crippen molar-refractivity contribution < 1.29 is 0 Å². The van der Waals surface area contributed by atoms with E-state index in [0.717, 1.165) is 0 Å². The van der Waals surface area contributed by atoms with E-state index in [4.69, 9.17) is 0 Å². The minimum atomic E-state index is -2.17. The molecule has 0 aromatic heterocycles. The van der Waals surface area contributed by atoms with E-state index < -0.39 is 2.71 Å². The molecule has 0 fully saturated rings. The van der Waals surface area contributed by atoms with E-state index in [1.807, 2.05) is 6.07 Å². The molecule has 2 rings (SSSR count). The SMILES string of the molecule is BrP1(Br)(Br)C=Cc2ccccc21. The van der Waals surface area contributed by atoms with Gasteiger partial charge in [-0.3, -0.25) is 0 Å². The molecule has 0 amide bonds. The van der Waals surface area contributed by atoms with Crippen molar-refractivity contribution in [3.63, 3.8) is 0 Å². The summed E-state index contributed by atoms with van der Waals surface area (Å²) in [5.74, 6) is 2.16. The van der Waals surface area contributed by atoms with Crippen molar-refractivity contribution in [1.29, 1.82) is 0 Å². The van der Waals surface area contributed by atoms with Crippen LogP contribution in [0.25, 0.3) is 6.08 Å². The molecule has 0 radical (unpaired) electrons. The first-order chi connectivity index (χ1) is 5.47. The molecule has 0 bridgehead atoms. The summed E-state index contributed by atoms with van der Waals surface area (Å²) < 4.78 is -2.17. The zero-order valence-electron chi connectivity index (χ0n) is 6.05. The maximum absolute atomic E-state index is 3.72. The summed E-state index contributed by atoms with van der Waals surface area (Å²) in [6, 6.07) is 8.35. The van der Waals surface area contributed by atoms with Gasteiger partial charge in [-0.05, 0) is 0 Å². The number of fused-ring (bicyclic) bond motifs is 1. The molecule has 0 nitrogen and oxygen atoms in total. The number of halogens is 3. The van der Waals surface area contributed by atoms with E-state index in [1.165, 1.54) is 10.9 Å². The number of hydrogen-bond acceptors (Lipinski definition) is 0. The van der Waals surface area contributed by atoms with Crippen molar-refractivity contribution in [1.82, 2.24) is 0 Å². The fraction of sp³-hybridized carbons (Fsp3) is 0. The van der Waals surface area contributed by atoms with Crippen LogP contribution in [0, 0.1) is 0 Å². The van der Waals surface area contributed by atoms with Gasteiger partial charge in [0.05, 0.1) is 0 Å². The van der Waals surface area contributed by atoms with Crippen LogP contribution in [0.4, 0.5) is 0 Å². The molecule has 1 aromatic carbocycles. The zero-order valence-corrected chi connectivity index (χ0v) is 11.7. The van der Waals surface area contributed by atoms with E-state index in [2.05, 4.69) is 76.6 Å². The second kappa shape index (κ2) is 2.66. The van der Waals surface area contributed by atoms with Crippen LogP contribution in [0.2, 0.25) is 0 Å². The van der Waals surface area contributed by atoms with Crippen LogP contribution in [-0.2, 0) is 0 Å². The monoisotopic (exact) mass is 370 g/mol. The van der Waals surface area contributed by atoms with Gasteiger partial charge >= 0.3 is 96.2 Å². The van der Waals surface area contributed by atoms with Crippen molar-refractivity contribution in [3.05, 3.63) is 35.6 Å². The van der Waals surface area contributed by atoms with Gasteiger partial charge in [0, 0.05) is 0 Å². The third-order valence-corrected chi connectivity index (χ3v) is 9.28. The van der Waals surface area contributed by atoms with Crippen LogP contribution in [0.5, 0.6) is 0 Å². The van der Waals surface area contributed by atoms with E-state index in [-0.39, 0.29) is 0 Å². The van der Waals surface area contributed by atoms with Crippen molar-refractivity contribution in [2.45, 2.75) is 0 Å². The first-order valence-corrected chi connectivity index (χ1v) is 11.8. The molecule has 12 heavy (non-hydrogen) atoms. The Morgan fingerprint density at radius 1 is 1.00 bits per heavy atom. The molecule has 0 atom stereocenters. The molecule has 1 aliphatic rings. The summed E-state index contributed by atoms with van der Waals surface area (Å²) in [4.78, 5) is 0. The molecule has 1 aliphatic heterocycles. The molecule has 1 heterocycles. The van der Waals surface area contributed by atoms with Gasteiger partial charge in [-0.1, -0.05) is 0 Å². The number of hydrogen-bond donors (Lipinski definition) is 0. The predicted molar refractivity (Wildman–Crippen MR) is 68.8 cm³/mol. The minimum absolute atomic E-state index is 1.28. The van der Waals surface area contributed by atoms with Gasteiger partial charge in [0.2, 0.25) is 0 Å². The predicted octanol–water partition coefficient (Wildman–Crippen LogP) is 4.78. The van der Waals surface area contributed by atoms with Crippen molar-refractivity contribution >= 4 is 60.6 Å². The van der Waals surface area contributed by atoms with Crippen LogP contribution >= 0.6 is 49.2 Å². The molecule has 0 saturated carbocycles. The summed E-state index contributed by atoms with van der Waals surface area (Å²) in [7, 11) is 0. The third kappa shape index (κ3) is 1.45. The summed E-state index contributed by atoms with van der Waals surface area (Å²) in [5.41, 5.74) is 1.28. The Morgan fingerprint density at radius 3 is 2.33 bits per heavy atom.